The van der Waals surface area contributed by atoms with Gasteiger partial charge in [0.15, 0.2) is 0 Å². The number of aromatic nitrogens is 1. The molecule has 0 fully saturated rings. The monoisotopic (exact) mass is 393 g/mol. The highest BCUT2D eigenvalue weighted by Gasteiger charge is 2.13. The second-order valence-corrected chi connectivity index (χ2v) is 6.96. The molecule has 3 nitrogen and oxygen atoms in total. The van der Waals surface area contributed by atoms with E-state index < -0.39 is 5.97 Å². The van der Waals surface area contributed by atoms with Gasteiger partial charge in [-0.2, -0.15) is 0 Å². The molecule has 28 heavy (non-hydrogen) atoms. The number of hydrogen-bond donors (Lipinski definition) is 0. The molecule has 5 heteroatoms. The van der Waals surface area contributed by atoms with Crippen LogP contribution < -0.4 is 0 Å². The molecule has 140 valence electrons. The predicted molar refractivity (Wildman–Crippen MR) is 109 cm³/mol. The third kappa shape index (κ3) is 3.51. The third-order valence-electron chi connectivity index (χ3n) is 4.73. The van der Waals surface area contributed by atoms with E-state index >= 15 is 0 Å². The average molecular weight is 394 g/mol. The fourth-order valence-electron chi connectivity index (χ4n) is 3.35. The summed E-state index contributed by atoms with van der Waals surface area (Å²) in [7, 11) is 1.36. The van der Waals surface area contributed by atoms with Crippen molar-refractivity contribution in [3.05, 3.63) is 100 Å². The van der Waals surface area contributed by atoms with Crippen LogP contribution >= 0.6 is 11.6 Å². The van der Waals surface area contributed by atoms with Crippen LogP contribution in [-0.4, -0.2) is 17.6 Å². The maximum absolute atomic E-state index is 13.2. The topological polar surface area (TPSA) is 31.2 Å². The molecule has 0 aliphatic carbocycles. The number of hydrogen-bond acceptors (Lipinski definition) is 2. The number of benzene rings is 3. The first-order chi connectivity index (χ1) is 13.5. The molecule has 0 aliphatic rings. The lowest BCUT2D eigenvalue weighted by molar-refractivity contribution is 0.0599. The Morgan fingerprint density at radius 2 is 1.82 bits per heavy atom. The van der Waals surface area contributed by atoms with Crippen molar-refractivity contribution >= 4 is 28.5 Å². The zero-order valence-corrected chi connectivity index (χ0v) is 15.9. The highest BCUT2D eigenvalue weighted by molar-refractivity contribution is 6.31. The normalized spacial score (nSPS) is 11.0. The molecule has 0 N–H and O–H groups in total. The molecule has 0 atom stereocenters. The Hall–Kier alpha value is -3.11. The first-order valence-electron chi connectivity index (χ1n) is 8.78. The predicted octanol–water partition coefficient (Wildman–Crippen LogP) is 5.80. The van der Waals surface area contributed by atoms with Gasteiger partial charge in [-0.05, 0) is 72.1 Å². The van der Waals surface area contributed by atoms with Crippen molar-refractivity contribution in [2.75, 3.05) is 7.11 Å². The highest BCUT2D eigenvalue weighted by Crippen LogP contribution is 2.25. The third-order valence-corrected chi connectivity index (χ3v) is 4.97. The van der Waals surface area contributed by atoms with E-state index in [2.05, 4.69) is 6.07 Å². The zero-order valence-electron chi connectivity index (χ0n) is 15.2. The minimum absolute atomic E-state index is 0.258. The van der Waals surface area contributed by atoms with Gasteiger partial charge in [-0.3, -0.25) is 0 Å². The van der Waals surface area contributed by atoms with E-state index in [4.69, 9.17) is 16.3 Å². The van der Waals surface area contributed by atoms with Gasteiger partial charge in [-0.25, -0.2) is 9.18 Å². The van der Waals surface area contributed by atoms with Gasteiger partial charge in [0.05, 0.1) is 18.2 Å². The molecule has 0 saturated heterocycles. The Kier molecular flexibility index (Phi) is 4.88. The molecule has 0 amide bonds. The van der Waals surface area contributed by atoms with E-state index in [0.717, 1.165) is 27.7 Å². The quantitative estimate of drug-likeness (QED) is 0.410. The van der Waals surface area contributed by atoms with Crippen LogP contribution in [0.25, 0.3) is 16.6 Å². The number of methoxy groups -OCH3 is 1. The molecule has 0 aliphatic heterocycles. The van der Waals surface area contributed by atoms with Crippen LogP contribution in [0.4, 0.5) is 4.39 Å². The molecule has 4 rings (SSSR count). The molecule has 0 unspecified atom stereocenters. The summed E-state index contributed by atoms with van der Waals surface area (Å²) in [6, 6.07) is 19.8. The zero-order chi connectivity index (χ0) is 19.7. The lowest BCUT2D eigenvalue weighted by Gasteiger charge is -2.10. The number of esters is 1. The number of nitrogens with zero attached hydrogens (tertiary/aromatic N) is 1. The van der Waals surface area contributed by atoms with E-state index in [-0.39, 0.29) is 5.82 Å². The van der Waals surface area contributed by atoms with E-state index in [1.807, 2.05) is 35.0 Å². The fourth-order valence-corrected chi connectivity index (χ4v) is 3.52. The van der Waals surface area contributed by atoms with Gasteiger partial charge in [-0.15, -0.1) is 0 Å². The van der Waals surface area contributed by atoms with Crippen molar-refractivity contribution in [1.82, 2.24) is 4.57 Å². The summed E-state index contributed by atoms with van der Waals surface area (Å²) in [5, 5.41) is 1.56. The van der Waals surface area contributed by atoms with Crippen molar-refractivity contribution in [3.63, 3.8) is 0 Å². The highest BCUT2D eigenvalue weighted by atomic mass is 35.5. The Morgan fingerprint density at radius 3 is 2.57 bits per heavy atom. The van der Waals surface area contributed by atoms with Crippen LogP contribution in [0.15, 0.2) is 72.9 Å². The summed E-state index contributed by atoms with van der Waals surface area (Å²) in [5.41, 5.74) is 4.32. The number of halogens is 2. The first-order valence-corrected chi connectivity index (χ1v) is 9.15. The lowest BCUT2D eigenvalue weighted by Crippen LogP contribution is -2.06. The molecule has 0 radical (unpaired) electrons. The summed E-state index contributed by atoms with van der Waals surface area (Å²) in [6.45, 7) is 0. The number of carbonyl (C=O) groups is 1. The van der Waals surface area contributed by atoms with E-state index in [9.17, 15) is 9.18 Å². The van der Waals surface area contributed by atoms with Crippen LogP contribution in [-0.2, 0) is 11.2 Å². The van der Waals surface area contributed by atoms with Crippen molar-refractivity contribution in [2.24, 2.45) is 0 Å². The molecule has 1 heterocycles. The number of rotatable bonds is 4. The van der Waals surface area contributed by atoms with Crippen LogP contribution in [0, 0.1) is 5.82 Å². The Labute approximate surface area is 166 Å². The minimum Gasteiger partial charge on any atom is -0.465 e. The van der Waals surface area contributed by atoms with Gasteiger partial charge in [0.25, 0.3) is 0 Å². The average Bonchev–Trinajstić information content (AvgIpc) is 3.12. The van der Waals surface area contributed by atoms with Gasteiger partial charge in [0.2, 0.25) is 0 Å². The smallest absolute Gasteiger partial charge is 0.338 e. The van der Waals surface area contributed by atoms with Gasteiger partial charge < -0.3 is 9.30 Å². The van der Waals surface area contributed by atoms with E-state index in [1.165, 1.54) is 19.2 Å². The second kappa shape index (κ2) is 7.49. The Bertz CT molecular complexity index is 1170. The van der Waals surface area contributed by atoms with Crippen molar-refractivity contribution in [2.45, 2.75) is 6.42 Å². The van der Waals surface area contributed by atoms with E-state index in [0.29, 0.717) is 17.0 Å². The summed E-state index contributed by atoms with van der Waals surface area (Å²) >= 11 is 6.04. The Morgan fingerprint density at radius 1 is 1.04 bits per heavy atom. The molecular formula is C23H17ClFNO2. The Balaban J connectivity index is 1.69. The van der Waals surface area contributed by atoms with Gasteiger partial charge in [0.1, 0.15) is 5.82 Å². The second-order valence-electron chi connectivity index (χ2n) is 6.53. The molecular weight excluding hydrogens is 377 g/mol. The minimum atomic E-state index is -0.402. The summed E-state index contributed by atoms with van der Waals surface area (Å²) in [5.74, 6) is -0.659. The molecule has 1 aromatic heterocycles. The molecule has 4 aromatic rings. The summed E-state index contributed by atoms with van der Waals surface area (Å²) < 4.78 is 20.1. The first kappa shape index (κ1) is 18.3. The fraction of sp³-hybridized carbons (Fsp3) is 0.0870. The van der Waals surface area contributed by atoms with Crippen LogP contribution in [0.2, 0.25) is 5.02 Å². The van der Waals surface area contributed by atoms with Crippen molar-refractivity contribution in [3.8, 4) is 5.69 Å². The van der Waals surface area contributed by atoms with Gasteiger partial charge in [0, 0.05) is 22.3 Å². The van der Waals surface area contributed by atoms with Crippen LogP contribution in [0.5, 0.6) is 0 Å². The van der Waals surface area contributed by atoms with Crippen LogP contribution in [0.1, 0.15) is 21.5 Å². The molecule has 0 saturated carbocycles. The molecule has 0 bridgehead atoms. The van der Waals surface area contributed by atoms with Gasteiger partial charge >= 0.3 is 5.97 Å². The van der Waals surface area contributed by atoms with Crippen LogP contribution in [0.3, 0.4) is 0 Å². The lowest BCUT2D eigenvalue weighted by atomic mass is 9.99. The SMILES string of the molecule is COC(=O)c1cc(Cl)ccc1Cc1ccc2c(ccn2-c2ccc(F)cc2)c1. The molecule has 3 aromatic carbocycles. The maximum atomic E-state index is 13.2. The standard InChI is InChI=1S/C23H17ClFNO2/c1-28-23(27)21-14-18(24)4-3-16(21)12-15-2-9-22-17(13-15)10-11-26(22)20-7-5-19(25)6-8-20/h2-11,13-14H,12H2,1H3. The summed E-state index contributed by atoms with van der Waals surface area (Å²) in [4.78, 5) is 12.1. The molecule has 0 spiro atoms. The van der Waals surface area contributed by atoms with Gasteiger partial charge in [-0.1, -0.05) is 23.7 Å². The van der Waals surface area contributed by atoms with Crippen molar-refractivity contribution < 1.29 is 13.9 Å². The maximum Gasteiger partial charge on any atom is 0.338 e. The summed E-state index contributed by atoms with van der Waals surface area (Å²) in [6.07, 6.45) is 2.54. The number of fused-ring (bicyclic) bond motifs is 1. The van der Waals surface area contributed by atoms with Crippen molar-refractivity contribution in [1.29, 1.82) is 0 Å². The number of ether oxygens (including phenoxy) is 1. The largest absolute Gasteiger partial charge is 0.465 e. The number of carbonyl (C=O) groups excluding carboxylic acids is 1. The van der Waals surface area contributed by atoms with E-state index in [1.54, 1.807) is 24.3 Å².